The second kappa shape index (κ2) is 6.44. The molecule has 1 aliphatic rings. The Bertz CT molecular complexity index is 392. The van der Waals surface area contributed by atoms with Gasteiger partial charge in [0.2, 0.25) is 0 Å². The fraction of sp³-hybridized carbons (Fsp3) is 0.600. The highest BCUT2D eigenvalue weighted by Gasteiger charge is 2.15. The first-order valence-electron chi connectivity index (χ1n) is 6.94. The van der Waals surface area contributed by atoms with Crippen LogP contribution in [-0.4, -0.2) is 30.6 Å². The summed E-state index contributed by atoms with van der Waals surface area (Å²) in [6.45, 7) is 7.89. The summed E-state index contributed by atoms with van der Waals surface area (Å²) >= 11 is 6.16. The summed E-state index contributed by atoms with van der Waals surface area (Å²) < 4.78 is 0. The predicted molar refractivity (Wildman–Crippen MR) is 79.6 cm³/mol. The minimum absolute atomic E-state index is 0.584. The molecule has 0 amide bonds. The van der Waals surface area contributed by atoms with Crippen LogP contribution < -0.4 is 5.32 Å². The van der Waals surface area contributed by atoms with Crippen LogP contribution in [0.3, 0.4) is 0 Å². The van der Waals surface area contributed by atoms with Gasteiger partial charge >= 0.3 is 0 Å². The summed E-state index contributed by atoms with van der Waals surface area (Å²) in [7, 11) is 0. The number of anilines is 1. The van der Waals surface area contributed by atoms with Gasteiger partial charge in [0.15, 0.2) is 0 Å². The summed E-state index contributed by atoms with van der Waals surface area (Å²) in [6.07, 6.45) is 3.76. The zero-order valence-corrected chi connectivity index (χ0v) is 12.1. The Labute approximate surface area is 115 Å². The van der Waals surface area contributed by atoms with E-state index in [1.54, 1.807) is 0 Å². The minimum atomic E-state index is 0.584. The summed E-state index contributed by atoms with van der Waals surface area (Å²) in [5, 5.41) is 4.47. The monoisotopic (exact) mass is 266 g/mol. The van der Waals surface area contributed by atoms with Crippen LogP contribution in [0.1, 0.15) is 31.7 Å². The van der Waals surface area contributed by atoms with Crippen molar-refractivity contribution in [1.29, 1.82) is 0 Å². The lowest BCUT2D eigenvalue weighted by atomic mass is 10.1. The fourth-order valence-corrected chi connectivity index (χ4v) is 2.72. The molecule has 0 aliphatic carbocycles. The normalized spacial score (nSPS) is 21.6. The van der Waals surface area contributed by atoms with Crippen LogP contribution in [-0.2, 0) is 0 Å². The first kappa shape index (κ1) is 13.7. The second-order valence-corrected chi connectivity index (χ2v) is 5.58. The van der Waals surface area contributed by atoms with Gasteiger partial charge in [0.05, 0.1) is 0 Å². The highest BCUT2D eigenvalue weighted by molar-refractivity contribution is 6.31. The molecule has 1 unspecified atom stereocenters. The maximum atomic E-state index is 6.16. The molecular weight excluding hydrogens is 244 g/mol. The number of rotatable bonds is 3. The zero-order chi connectivity index (χ0) is 13.0. The lowest BCUT2D eigenvalue weighted by molar-refractivity contribution is 0.300. The third-order valence-electron chi connectivity index (χ3n) is 3.81. The number of nitrogens with one attached hydrogen (secondary N) is 1. The van der Waals surface area contributed by atoms with Crippen LogP contribution in [0.2, 0.25) is 5.02 Å². The molecule has 1 aliphatic heterocycles. The van der Waals surface area contributed by atoms with E-state index in [2.05, 4.69) is 29.3 Å². The first-order chi connectivity index (χ1) is 8.69. The molecule has 100 valence electrons. The predicted octanol–water partition coefficient (Wildman–Crippen LogP) is 3.93. The van der Waals surface area contributed by atoms with Gasteiger partial charge in [0.25, 0.3) is 0 Å². The lowest BCUT2D eigenvalue weighted by Crippen LogP contribution is -2.26. The van der Waals surface area contributed by atoms with Gasteiger partial charge in [-0.1, -0.05) is 24.6 Å². The van der Waals surface area contributed by atoms with Crippen molar-refractivity contribution in [1.82, 2.24) is 4.90 Å². The van der Waals surface area contributed by atoms with Crippen molar-refractivity contribution >= 4 is 17.3 Å². The number of hydrogen-bond acceptors (Lipinski definition) is 2. The molecule has 3 heteroatoms. The average molecular weight is 267 g/mol. The Balaban J connectivity index is 1.94. The maximum Gasteiger partial charge on any atom is 0.0455 e. The van der Waals surface area contributed by atoms with Gasteiger partial charge in [-0.05, 0) is 57.0 Å². The van der Waals surface area contributed by atoms with Gasteiger partial charge in [-0.3, -0.25) is 0 Å². The van der Waals surface area contributed by atoms with Crippen LogP contribution in [0.5, 0.6) is 0 Å². The zero-order valence-electron chi connectivity index (χ0n) is 11.4. The van der Waals surface area contributed by atoms with Gasteiger partial charge in [0.1, 0.15) is 0 Å². The molecular formula is C15H23ClN2. The van der Waals surface area contributed by atoms with E-state index in [1.165, 1.54) is 38.9 Å². The topological polar surface area (TPSA) is 15.3 Å². The van der Waals surface area contributed by atoms with Crippen molar-refractivity contribution in [3.8, 4) is 0 Å². The number of hydrogen-bond donors (Lipinski definition) is 1. The quantitative estimate of drug-likeness (QED) is 0.892. The number of benzene rings is 1. The van der Waals surface area contributed by atoms with Gasteiger partial charge in [0, 0.05) is 23.3 Å². The highest BCUT2D eigenvalue weighted by Crippen LogP contribution is 2.22. The molecule has 1 aromatic rings. The Morgan fingerprint density at radius 2 is 2.17 bits per heavy atom. The van der Waals surface area contributed by atoms with E-state index in [9.17, 15) is 0 Å². The molecule has 1 heterocycles. The van der Waals surface area contributed by atoms with Crippen LogP contribution in [0, 0.1) is 6.92 Å². The van der Waals surface area contributed by atoms with Crippen LogP contribution in [0.25, 0.3) is 0 Å². The summed E-state index contributed by atoms with van der Waals surface area (Å²) in [5.74, 6) is 0. The second-order valence-electron chi connectivity index (χ2n) is 5.17. The highest BCUT2D eigenvalue weighted by atomic mass is 35.5. The molecule has 1 atom stereocenters. The Morgan fingerprint density at radius 3 is 2.89 bits per heavy atom. The smallest absolute Gasteiger partial charge is 0.0455 e. The van der Waals surface area contributed by atoms with E-state index < -0.39 is 0 Å². The molecule has 0 radical (unpaired) electrons. The molecule has 18 heavy (non-hydrogen) atoms. The Hall–Kier alpha value is -0.730. The van der Waals surface area contributed by atoms with Gasteiger partial charge in [-0.25, -0.2) is 0 Å². The molecule has 0 saturated carbocycles. The molecule has 2 rings (SSSR count). The third kappa shape index (κ3) is 3.63. The first-order valence-corrected chi connectivity index (χ1v) is 7.32. The molecule has 1 aromatic carbocycles. The summed E-state index contributed by atoms with van der Waals surface area (Å²) in [4.78, 5) is 2.53. The maximum absolute atomic E-state index is 6.16. The van der Waals surface area contributed by atoms with Crippen LogP contribution >= 0.6 is 11.6 Å². The molecule has 1 saturated heterocycles. The van der Waals surface area contributed by atoms with E-state index >= 15 is 0 Å². The van der Waals surface area contributed by atoms with E-state index in [4.69, 9.17) is 11.6 Å². The van der Waals surface area contributed by atoms with Crippen molar-refractivity contribution in [3.05, 3.63) is 28.8 Å². The average Bonchev–Trinajstić information content (AvgIpc) is 2.59. The van der Waals surface area contributed by atoms with Crippen molar-refractivity contribution < 1.29 is 0 Å². The van der Waals surface area contributed by atoms with Crippen LogP contribution in [0.4, 0.5) is 5.69 Å². The van der Waals surface area contributed by atoms with Crippen LogP contribution in [0.15, 0.2) is 18.2 Å². The van der Waals surface area contributed by atoms with Crippen molar-refractivity contribution in [2.24, 2.45) is 0 Å². The van der Waals surface area contributed by atoms with Crippen molar-refractivity contribution in [2.75, 3.05) is 25.0 Å². The fourth-order valence-electron chi connectivity index (χ4n) is 2.53. The van der Waals surface area contributed by atoms with E-state index in [0.717, 1.165) is 16.3 Å². The molecule has 0 aromatic heterocycles. The molecule has 1 N–H and O–H groups in total. The number of halogens is 1. The van der Waals surface area contributed by atoms with Gasteiger partial charge < -0.3 is 10.2 Å². The summed E-state index contributed by atoms with van der Waals surface area (Å²) in [6, 6.07) is 6.84. The largest absolute Gasteiger partial charge is 0.382 e. The summed E-state index contributed by atoms with van der Waals surface area (Å²) in [5.41, 5.74) is 2.29. The van der Waals surface area contributed by atoms with E-state index in [-0.39, 0.29) is 0 Å². The van der Waals surface area contributed by atoms with Gasteiger partial charge in [-0.2, -0.15) is 0 Å². The molecule has 1 fully saturated rings. The van der Waals surface area contributed by atoms with Gasteiger partial charge in [-0.15, -0.1) is 0 Å². The number of aryl methyl sites for hydroxylation is 1. The molecule has 0 spiro atoms. The third-order valence-corrected chi connectivity index (χ3v) is 4.22. The minimum Gasteiger partial charge on any atom is -0.382 e. The standard InChI is InChI=1S/C15H23ClN2/c1-3-18-9-4-5-13(8-10-18)17-14-7-6-12(2)15(16)11-14/h6-7,11,13,17H,3-5,8-10H2,1-2H3. The van der Waals surface area contributed by atoms with E-state index in [1.807, 2.05) is 13.0 Å². The lowest BCUT2D eigenvalue weighted by Gasteiger charge is -2.19. The SMILES string of the molecule is CCN1CCCC(Nc2ccc(C)c(Cl)c2)CC1. The molecule has 0 bridgehead atoms. The number of likely N-dealkylation sites (tertiary alicyclic amines) is 1. The van der Waals surface area contributed by atoms with Crippen molar-refractivity contribution in [3.63, 3.8) is 0 Å². The number of nitrogens with zero attached hydrogens (tertiary/aromatic N) is 1. The van der Waals surface area contributed by atoms with Crippen molar-refractivity contribution in [2.45, 2.75) is 39.2 Å². The Kier molecular flexibility index (Phi) is 4.90. The molecule has 2 nitrogen and oxygen atoms in total. The Morgan fingerprint density at radius 1 is 1.33 bits per heavy atom. The van der Waals surface area contributed by atoms with E-state index in [0.29, 0.717) is 6.04 Å².